The summed E-state index contributed by atoms with van der Waals surface area (Å²) in [7, 11) is 0. The fourth-order valence-electron chi connectivity index (χ4n) is 2.40. The summed E-state index contributed by atoms with van der Waals surface area (Å²) < 4.78 is 0. The van der Waals surface area contributed by atoms with Crippen molar-refractivity contribution in [2.24, 2.45) is 5.92 Å². The van der Waals surface area contributed by atoms with Crippen molar-refractivity contribution < 1.29 is 4.79 Å². The van der Waals surface area contributed by atoms with Crippen LogP contribution in [-0.4, -0.2) is 5.91 Å². The van der Waals surface area contributed by atoms with Gasteiger partial charge in [0.05, 0.1) is 0 Å². The van der Waals surface area contributed by atoms with Crippen LogP contribution in [0.4, 0.5) is 5.69 Å². The normalized spacial score (nSPS) is 12.2. The number of amides is 1. The Labute approximate surface area is 117 Å². The van der Waals surface area contributed by atoms with Gasteiger partial charge in [0.2, 0.25) is 5.91 Å². The molecule has 0 fully saturated rings. The molecule has 0 aliphatic carbocycles. The number of hydrogen-bond acceptors (Lipinski definition) is 1. The first-order valence-corrected chi connectivity index (χ1v) is 7.53. The van der Waals surface area contributed by atoms with Crippen molar-refractivity contribution >= 4 is 11.6 Å². The van der Waals surface area contributed by atoms with E-state index in [1.165, 1.54) is 5.56 Å². The van der Waals surface area contributed by atoms with E-state index in [1.807, 2.05) is 0 Å². The van der Waals surface area contributed by atoms with Crippen LogP contribution in [0.5, 0.6) is 0 Å². The van der Waals surface area contributed by atoms with Gasteiger partial charge in [-0.3, -0.25) is 4.79 Å². The van der Waals surface area contributed by atoms with E-state index in [1.54, 1.807) is 0 Å². The van der Waals surface area contributed by atoms with Gasteiger partial charge in [-0.2, -0.15) is 0 Å². The average Bonchev–Trinajstić information content (AvgIpc) is 2.42. The van der Waals surface area contributed by atoms with E-state index in [9.17, 15) is 4.79 Å². The SMILES string of the molecule is CCCC[C@@H](CC)C(=O)Nc1c(C)cccc1CC. The molecule has 1 rings (SSSR count). The van der Waals surface area contributed by atoms with Crippen molar-refractivity contribution in [2.45, 2.75) is 59.8 Å². The second kappa shape index (κ2) is 7.98. The highest BCUT2D eigenvalue weighted by atomic mass is 16.1. The molecule has 1 atom stereocenters. The molecule has 1 amide bonds. The Morgan fingerprint density at radius 3 is 2.58 bits per heavy atom. The molecular formula is C17H27NO. The largest absolute Gasteiger partial charge is 0.325 e. The van der Waals surface area contributed by atoms with E-state index < -0.39 is 0 Å². The van der Waals surface area contributed by atoms with Gasteiger partial charge in [0.1, 0.15) is 0 Å². The molecule has 0 saturated heterocycles. The minimum Gasteiger partial charge on any atom is -0.325 e. The Morgan fingerprint density at radius 2 is 2.00 bits per heavy atom. The van der Waals surface area contributed by atoms with Gasteiger partial charge in [-0.15, -0.1) is 0 Å². The Bertz CT molecular complexity index is 412. The Morgan fingerprint density at radius 1 is 1.26 bits per heavy atom. The summed E-state index contributed by atoms with van der Waals surface area (Å²) >= 11 is 0. The maximum absolute atomic E-state index is 12.4. The van der Waals surface area contributed by atoms with Crippen LogP contribution in [0.25, 0.3) is 0 Å². The second-order valence-corrected chi connectivity index (χ2v) is 5.20. The van der Waals surface area contributed by atoms with Crippen LogP contribution in [-0.2, 0) is 11.2 Å². The number of aryl methyl sites for hydroxylation is 2. The molecule has 0 spiro atoms. The second-order valence-electron chi connectivity index (χ2n) is 5.20. The van der Waals surface area contributed by atoms with Crippen molar-refractivity contribution in [3.05, 3.63) is 29.3 Å². The van der Waals surface area contributed by atoms with E-state index in [2.05, 4.69) is 51.2 Å². The third-order valence-electron chi connectivity index (χ3n) is 3.76. The Hall–Kier alpha value is -1.31. The highest BCUT2D eigenvalue weighted by molar-refractivity contribution is 5.94. The standard InChI is InChI=1S/C17H27NO/c1-5-8-11-15(7-3)17(19)18-16-13(4)10-9-12-14(16)6-2/h9-10,12,15H,5-8,11H2,1-4H3,(H,18,19)/t15-/m1/s1. The van der Waals surface area contributed by atoms with Crippen LogP contribution >= 0.6 is 0 Å². The molecule has 2 nitrogen and oxygen atoms in total. The van der Waals surface area contributed by atoms with Crippen LogP contribution in [0, 0.1) is 12.8 Å². The molecule has 0 aliphatic heterocycles. The molecule has 106 valence electrons. The van der Waals surface area contributed by atoms with Crippen LogP contribution in [0.2, 0.25) is 0 Å². The van der Waals surface area contributed by atoms with Gasteiger partial charge in [0.15, 0.2) is 0 Å². The van der Waals surface area contributed by atoms with Gasteiger partial charge < -0.3 is 5.32 Å². The van der Waals surface area contributed by atoms with Gasteiger partial charge in [0.25, 0.3) is 0 Å². The molecular weight excluding hydrogens is 234 g/mol. The molecule has 1 aromatic carbocycles. The predicted molar refractivity (Wildman–Crippen MR) is 82.5 cm³/mol. The first-order chi connectivity index (χ1) is 9.13. The number of anilines is 1. The summed E-state index contributed by atoms with van der Waals surface area (Å²) in [5, 5.41) is 3.15. The summed E-state index contributed by atoms with van der Waals surface area (Å²) in [5.74, 6) is 0.323. The summed E-state index contributed by atoms with van der Waals surface area (Å²) in [6.45, 7) is 8.44. The van der Waals surface area contributed by atoms with Gasteiger partial charge in [-0.05, 0) is 37.3 Å². The van der Waals surface area contributed by atoms with E-state index in [0.717, 1.165) is 43.4 Å². The molecule has 1 aromatic rings. The number of benzene rings is 1. The topological polar surface area (TPSA) is 29.1 Å². The van der Waals surface area contributed by atoms with E-state index in [0.29, 0.717) is 0 Å². The molecule has 2 heteroatoms. The summed E-state index contributed by atoms with van der Waals surface area (Å²) in [6.07, 6.45) is 5.13. The fourth-order valence-corrected chi connectivity index (χ4v) is 2.40. The van der Waals surface area contributed by atoms with Crippen LogP contribution in [0.1, 0.15) is 57.6 Å². The predicted octanol–water partition coefficient (Wildman–Crippen LogP) is 4.71. The zero-order valence-electron chi connectivity index (χ0n) is 12.8. The Kier molecular flexibility index (Phi) is 6.61. The van der Waals surface area contributed by atoms with Gasteiger partial charge in [-0.25, -0.2) is 0 Å². The van der Waals surface area contributed by atoms with Crippen molar-refractivity contribution in [1.82, 2.24) is 0 Å². The third kappa shape index (κ3) is 4.38. The van der Waals surface area contributed by atoms with Crippen molar-refractivity contribution in [1.29, 1.82) is 0 Å². The number of unbranched alkanes of at least 4 members (excludes halogenated alkanes) is 1. The average molecular weight is 261 g/mol. The van der Waals surface area contributed by atoms with Crippen molar-refractivity contribution in [2.75, 3.05) is 5.32 Å². The van der Waals surface area contributed by atoms with E-state index in [4.69, 9.17) is 0 Å². The number of rotatable bonds is 7. The molecule has 0 aromatic heterocycles. The lowest BCUT2D eigenvalue weighted by molar-refractivity contribution is -0.120. The summed E-state index contributed by atoms with van der Waals surface area (Å²) in [6, 6.07) is 6.20. The molecule has 0 unspecified atom stereocenters. The molecule has 0 bridgehead atoms. The molecule has 0 heterocycles. The zero-order valence-corrected chi connectivity index (χ0v) is 12.8. The van der Waals surface area contributed by atoms with E-state index >= 15 is 0 Å². The number of carbonyl (C=O) groups is 1. The van der Waals surface area contributed by atoms with Gasteiger partial charge in [0, 0.05) is 11.6 Å². The minimum atomic E-state index is 0.143. The lowest BCUT2D eigenvalue weighted by atomic mass is 9.97. The minimum absolute atomic E-state index is 0.143. The smallest absolute Gasteiger partial charge is 0.227 e. The summed E-state index contributed by atoms with van der Waals surface area (Å²) in [4.78, 5) is 12.4. The Balaban J connectivity index is 2.80. The highest BCUT2D eigenvalue weighted by Gasteiger charge is 2.17. The van der Waals surface area contributed by atoms with Crippen LogP contribution in [0.3, 0.4) is 0 Å². The molecule has 0 saturated carbocycles. The number of carbonyl (C=O) groups excluding carboxylic acids is 1. The fraction of sp³-hybridized carbons (Fsp3) is 0.588. The van der Waals surface area contributed by atoms with Crippen LogP contribution in [0.15, 0.2) is 18.2 Å². The first kappa shape index (κ1) is 15.7. The van der Waals surface area contributed by atoms with Crippen molar-refractivity contribution in [3.63, 3.8) is 0 Å². The maximum atomic E-state index is 12.4. The third-order valence-corrected chi connectivity index (χ3v) is 3.76. The number of nitrogens with one attached hydrogen (secondary N) is 1. The molecule has 1 N–H and O–H groups in total. The molecule has 0 aliphatic rings. The number of hydrogen-bond donors (Lipinski definition) is 1. The highest BCUT2D eigenvalue weighted by Crippen LogP contribution is 2.23. The van der Waals surface area contributed by atoms with E-state index in [-0.39, 0.29) is 11.8 Å². The molecule has 0 radical (unpaired) electrons. The lowest BCUT2D eigenvalue weighted by Gasteiger charge is -2.18. The lowest BCUT2D eigenvalue weighted by Crippen LogP contribution is -2.23. The van der Waals surface area contributed by atoms with Crippen molar-refractivity contribution in [3.8, 4) is 0 Å². The maximum Gasteiger partial charge on any atom is 0.227 e. The zero-order chi connectivity index (χ0) is 14.3. The molecule has 19 heavy (non-hydrogen) atoms. The monoisotopic (exact) mass is 261 g/mol. The quantitative estimate of drug-likeness (QED) is 0.756. The van der Waals surface area contributed by atoms with Gasteiger partial charge >= 0.3 is 0 Å². The van der Waals surface area contributed by atoms with Gasteiger partial charge in [-0.1, -0.05) is 51.8 Å². The first-order valence-electron chi connectivity index (χ1n) is 7.53. The number of para-hydroxylation sites is 1. The summed E-state index contributed by atoms with van der Waals surface area (Å²) in [5.41, 5.74) is 3.39. The van der Waals surface area contributed by atoms with Crippen LogP contribution < -0.4 is 5.32 Å².